The molecule has 0 radical (unpaired) electrons. The molecule has 0 aliphatic heterocycles. The third-order valence-electron chi connectivity index (χ3n) is 3.05. The molecule has 22 heavy (non-hydrogen) atoms. The molecule has 0 spiro atoms. The molecule has 0 fully saturated rings. The topological polar surface area (TPSA) is 82.5 Å². The van der Waals surface area contributed by atoms with E-state index in [-0.39, 0.29) is 22.5 Å². The minimum atomic E-state index is -0.254. The van der Waals surface area contributed by atoms with Crippen LogP contribution in [0.25, 0.3) is 5.69 Å². The van der Waals surface area contributed by atoms with Gasteiger partial charge in [-0.05, 0) is 29.6 Å². The zero-order valence-corrected chi connectivity index (χ0v) is 12.2. The van der Waals surface area contributed by atoms with Gasteiger partial charge < -0.3 is 0 Å². The average Bonchev–Trinajstić information content (AvgIpc) is 3.09. The summed E-state index contributed by atoms with van der Waals surface area (Å²) >= 11 is 1.32. The first-order chi connectivity index (χ1) is 10.7. The lowest BCUT2D eigenvalue weighted by molar-refractivity contribution is 0.103. The van der Waals surface area contributed by atoms with E-state index < -0.39 is 0 Å². The van der Waals surface area contributed by atoms with Crippen LogP contribution >= 0.6 is 11.3 Å². The van der Waals surface area contributed by atoms with E-state index in [1.165, 1.54) is 22.1 Å². The highest BCUT2D eigenvalue weighted by molar-refractivity contribution is 7.12. The van der Waals surface area contributed by atoms with E-state index in [0.717, 1.165) is 0 Å². The van der Waals surface area contributed by atoms with Crippen LogP contribution in [0.2, 0.25) is 0 Å². The molecule has 0 atom stereocenters. The van der Waals surface area contributed by atoms with E-state index >= 15 is 0 Å². The fourth-order valence-corrected chi connectivity index (χ4v) is 2.66. The summed E-state index contributed by atoms with van der Waals surface area (Å²) in [6.07, 6.45) is 0. The molecule has 0 aliphatic rings. The Morgan fingerprint density at radius 2 is 2.00 bits per heavy atom. The predicted molar refractivity (Wildman–Crippen MR) is 81.9 cm³/mol. The van der Waals surface area contributed by atoms with Crippen LogP contribution in [0, 0.1) is 16.7 Å². The highest BCUT2D eigenvalue weighted by Gasteiger charge is 2.16. The summed E-state index contributed by atoms with van der Waals surface area (Å²) in [6.45, 7) is 0. The smallest absolute Gasteiger partial charge is 0.223 e. The van der Waals surface area contributed by atoms with Crippen molar-refractivity contribution in [1.82, 2.24) is 9.78 Å². The molecule has 0 amide bonds. The van der Waals surface area contributed by atoms with Gasteiger partial charge in [-0.1, -0.05) is 24.3 Å². The molecule has 0 aliphatic carbocycles. The number of carbonyl (C=O) groups is 1. The Hall–Kier alpha value is -3.04. The number of ketones is 1. The number of para-hydroxylation sites is 1. The van der Waals surface area contributed by atoms with E-state index in [0.29, 0.717) is 10.6 Å². The third-order valence-corrected chi connectivity index (χ3v) is 3.92. The van der Waals surface area contributed by atoms with Crippen molar-refractivity contribution in [3.63, 3.8) is 0 Å². The summed E-state index contributed by atoms with van der Waals surface area (Å²) in [6, 6.07) is 15.8. The van der Waals surface area contributed by atoms with E-state index in [9.17, 15) is 10.1 Å². The first-order valence-electron chi connectivity index (χ1n) is 6.43. The van der Waals surface area contributed by atoms with Crippen LogP contribution in [0.3, 0.4) is 0 Å². The van der Waals surface area contributed by atoms with Gasteiger partial charge in [0.05, 0.1) is 16.1 Å². The monoisotopic (exact) mass is 306 g/mol. The van der Waals surface area contributed by atoms with Gasteiger partial charge in [-0.25, -0.2) is 4.68 Å². The number of hydrogen-bond donors (Lipinski definition) is 1. The molecule has 2 heterocycles. The van der Waals surface area contributed by atoms with Crippen molar-refractivity contribution in [2.75, 3.05) is 0 Å². The molecular formula is C16H10N4OS. The fraction of sp³-hybridized carbons (Fsp3) is 0. The Labute approximate surface area is 130 Å². The Morgan fingerprint density at radius 3 is 2.64 bits per heavy atom. The molecule has 0 saturated carbocycles. The minimum Gasteiger partial charge on any atom is -0.286 e. The van der Waals surface area contributed by atoms with Crippen molar-refractivity contribution >= 4 is 17.1 Å². The summed E-state index contributed by atoms with van der Waals surface area (Å²) in [7, 11) is 0. The molecule has 6 heteroatoms. The molecule has 1 N–H and O–H groups in total. The average molecular weight is 306 g/mol. The first kappa shape index (κ1) is 13.9. The van der Waals surface area contributed by atoms with Gasteiger partial charge in [0.1, 0.15) is 11.8 Å². The molecule has 0 unspecified atom stereocenters. The van der Waals surface area contributed by atoms with Crippen molar-refractivity contribution in [2.24, 2.45) is 0 Å². The highest BCUT2D eigenvalue weighted by atomic mass is 32.1. The van der Waals surface area contributed by atoms with Crippen molar-refractivity contribution in [3.8, 4) is 11.8 Å². The SMILES string of the molecule is N#Cc1cc(C(=O)c2cccs2)nn(-c2ccccc2)c1=N. The quantitative estimate of drug-likeness (QED) is 0.755. The number of hydrogen-bond acceptors (Lipinski definition) is 5. The minimum absolute atomic E-state index is 0.0450. The molecule has 1 aromatic carbocycles. The number of benzene rings is 1. The summed E-state index contributed by atoms with van der Waals surface area (Å²) in [4.78, 5) is 13.0. The molecule has 106 valence electrons. The van der Waals surface area contributed by atoms with Gasteiger partial charge >= 0.3 is 0 Å². The van der Waals surface area contributed by atoms with Gasteiger partial charge in [0.25, 0.3) is 0 Å². The second kappa shape index (κ2) is 5.76. The normalized spacial score (nSPS) is 10.1. The van der Waals surface area contributed by atoms with E-state index in [1.54, 1.807) is 24.3 Å². The Bertz CT molecular complexity index is 921. The van der Waals surface area contributed by atoms with Crippen LogP contribution in [-0.4, -0.2) is 15.6 Å². The van der Waals surface area contributed by atoms with Crippen LogP contribution in [0.15, 0.2) is 53.9 Å². The van der Waals surface area contributed by atoms with Gasteiger partial charge in [0.15, 0.2) is 5.49 Å². The lowest BCUT2D eigenvalue weighted by Gasteiger charge is -2.08. The number of nitrogens with zero attached hydrogens (tertiary/aromatic N) is 3. The summed E-state index contributed by atoms with van der Waals surface area (Å²) in [5.41, 5.74) is 0.846. The third kappa shape index (κ3) is 2.45. The molecule has 0 bridgehead atoms. The largest absolute Gasteiger partial charge is 0.286 e. The maximum absolute atomic E-state index is 12.4. The number of nitrogens with one attached hydrogen (secondary N) is 1. The highest BCUT2D eigenvalue weighted by Crippen LogP contribution is 2.14. The summed E-state index contributed by atoms with van der Waals surface area (Å²) in [5, 5.41) is 23.3. The standard InChI is InChI=1S/C16H10N4OS/c17-10-11-9-13(15(21)14-7-4-8-22-14)19-20(16(11)18)12-5-2-1-3-6-12/h1-9,18H. The van der Waals surface area contributed by atoms with E-state index in [1.807, 2.05) is 29.6 Å². The van der Waals surface area contributed by atoms with Gasteiger partial charge in [-0.2, -0.15) is 10.4 Å². The Kier molecular flexibility index (Phi) is 3.64. The Morgan fingerprint density at radius 1 is 1.23 bits per heavy atom. The van der Waals surface area contributed by atoms with Crippen molar-refractivity contribution in [2.45, 2.75) is 0 Å². The maximum Gasteiger partial charge on any atom is 0.223 e. The van der Waals surface area contributed by atoms with E-state index in [4.69, 9.17) is 5.41 Å². The number of nitriles is 1. The zero-order valence-electron chi connectivity index (χ0n) is 11.4. The van der Waals surface area contributed by atoms with Crippen molar-refractivity contribution in [1.29, 1.82) is 10.7 Å². The second-order valence-electron chi connectivity index (χ2n) is 4.46. The van der Waals surface area contributed by atoms with Crippen LogP contribution in [-0.2, 0) is 0 Å². The second-order valence-corrected chi connectivity index (χ2v) is 5.41. The first-order valence-corrected chi connectivity index (χ1v) is 7.31. The van der Waals surface area contributed by atoms with E-state index in [2.05, 4.69) is 5.10 Å². The van der Waals surface area contributed by atoms with Crippen molar-refractivity contribution < 1.29 is 4.79 Å². The molecule has 2 aromatic heterocycles. The molecule has 5 nitrogen and oxygen atoms in total. The van der Waals surface area contributed by atoms with Gasteiger partial charge in [-0.3, -0.25) is 10.2 Å². The van der Waals surface area contributed by atoms with Crippen LogP contribution in [0.5, 0.6) is 0 Å². The number of rotatable bonds is 3. The fourth-order valence-electron chi connectivity index (χ4n) is 1.99. The Balaban J connectivity index is 2.20. The van der Waals surface area contributed by atoms with Crippen molar-refractivity contribution in [3.05, 3.63) is 75.5 Å². The number of thiophene rings is 1. The lowest BCUT2D eigenvalue weighted by atomic mass is 10.2. The predicted octanol–water partition coefficient (Wildman–Crippen LogP) is 2.52. The van der Waals surface area contributed by atoms with Crippen LogP contribution in [0.4, 0.5) is 0 Å². The van der Waals surface area contributed by atoms with Gasteiger partial charge in [-0.15, -0.1) is 11.3 Å². The maximum atomic E-state index is 12.4. The van der Waals surface area contributed by atoms with Gasteiger partial charge in [0.2, 0.25) is 5.78 Å². The molecule has 0 saturated heterocycles. The summed E-state index contributed by atoms with van der Waals surface area (Å²) < 4.78 is 1.30. The van der Waals surface area contributed by atoms with Gasteiger partial charge in [0, 0.05) is 0 Å². The molecular weight excluding hydrogens is 296 g/mol. The molecule has 3 rings (SSSR count). The number of carbonyl (C=O) groups excluding carboxylic acids is 1. The molecule has 3 aromatic rings. The number of aromatic nitrogens is 2. The van der Waals surface area contributed by atoms with Crippen LogP contribution < -0.4 is 5.49 Å². The summed E-state index contributed by atoms with van der Waals surface area (Å²) in [5.74, 6) is -0.254. The zero-order chi connectivity index (χ0) is 15.5. The lowest BCUT2D eigenvalue weighted by Crippen LogP contribution is -2.26. The van der Waals surface area contributed by atoms with Crippen LogP contribution in [0.1, 0.15) is 20.9 Å².